The average molecular weight is 1600 g/mol. The molecule has 0 aliphatic carbocycles. The molecule has 4 saturated heterocycles. The zero-order valence-corrected chi connectivity index (χ0v) is 64.4. The zero-order chi connectivity index (χ0) is 81.4. The van der Waals surface area contributed by atoms with Gasteiger partial charge in [-0.3, -0.25) is 38.4 Å². The number of carbonyl (C=O) groups is 8. The van der Waals surface area contributed by atoms with Crippen LogP contribution in [0.3, 0.4) is 0 Å². The zero-order valence-electron chi connectivity index (χ0n) is 64.4. The average Bonchev–Trinajstić information content (AvgIpc) is 1.48. The minimum absolute atomic E-state index is 0.0705. The van der Waals surface area contributed by atoms with Crippen molar-refractivity contribution in [2.75, 3.05) is 132 Å². The van der Waals surface area contributed by atoms with E-state index in [1.807, 2.05) is 0 Å². The largest absolute Gasteiger partial charge is 0.394 e. The smallest absolute Gasteiger partial charge is 0.222 e. The summed E-state index contributed by atoms with van der Waals surface area (Å²) in [7, 11) is 0. The van der Waals surface area contributed by atoms with Crippen LogP contribution in [0.2, 0.25) is 0 Å². The summed E-state index contributed by atoms with van der Waals surface area (Å²) in [6.07, 6.45) is -3.64. The van der Waals surface area contributed by atoms with E-state index in [1.54, 1.807) is 4.90 Å². The summed E-state index contributed by atoms with van der Waals surface area (Å²) in [5.74, 6) is -2.16. The van der Waals surface area contributed by atoms with Crippen LogP contribution in [0.25, 0.3) is 0 Å². The lowest BCUT2D eigenvalue weighted by atomic mass is 9.98. The van der Waals surface area contributed by atoms with Gasteiger partial charge in [0.25, 0.3) is 0 Å². The van der Waals surface area contributed by atoms with Gasteiger partial charge in [0, 0.05) is 117 Å². The molecule has 8 amide bonds. The van der Waals surface area contributed by atoms with Crippen molar-refractivity contribution >= 4 is 47.3 Å². The molecule has 0 saturated carbocycles. The van der Waals surface area contributed by atoms with Gasteiger partial charge >= 0.3 is 0 Å². The summed E-state index contributed by atoms with van der Waals surface area (Å²) in [6, 6.07) is -3.46. The minimum Gasteiger partial charge on any atom is -0.394 e. The third-order valence-electron chi connectivity index (χ3n) is 19.4. The third kappa shape index (κ3) is 38.9. The Balaban J connectivity index is 1.26. The van der Waals surface area contributed by atoms with Gasteiger partial charge in [0.2, 0.25) is 47.3 Å². The lowest BCUT2D eigenvalue weighted by Gasteiger charge is -2.40. The minimum atomic E-state index is -1.41. The van der Waals surface area contributed by atoms with E-state index in [0.717, 1.165) is 38.5 Å². The van der Waals surface area contributed by atoms with Gasteiger partial charge < -0.3 is 158 Å². The molecule has 0 bridgehead atoms. The first-order valence-electron chi connectivity index (χ1n) is 39.6. The number of carbonyl (C=O) groups excluding carboxylic acids is 8. The first kappa shape index (κ1) is 98.2. The molecule has 4 aliphatic heterocycles. The van der Waals surface area contributed by atoms with Gasteiger partial charge in [-0.05, 0) is 77.0 Å². The summed E-state index contributed by atoms with van der Waals surface area (Å²) in [5, 5.41) is 128. The number of unbranched alkanes of at least 4 members (excludes halogenated alkanes) is 10. The molecule has 0 spiro atoms. The van der Waals surface area contributed by atoms with Crippen LogP contribution in [0.5, 0.6) is 0 Å². The van der Waals surface area contributed by atoms with Crippen LogP contribution in [-0.2, 0) is 81.0 Å². The Bertz CT molecular complexity index is 2400. The van der Waals surface area contributed by atoms with Crippen LogP contribution >= 0.6 is 0 Å². The molecule has 4 heterocycles. The van der Waals surface area contributed by atoms with Crippen LogP contribution in [0, 0.1) is 0 Å². The quantitative estimate of drug-likeness (QED) is 0.0252. The van der Waals surface area contributed by atoms with Crippen molar-refractivity contribution in [1.29, 1.82) is 0 Å². The van der Waals surface area contributed by atoms with Crippen molar-refractivity contribution in [2.45, 2.75) is 277 Å². The number of aliphatic hydroxyl groups excluding tert-OH is 11. The highest BCUT2D eigenvalue weighted by molar-refractivity contribution is 5.79. The number of nitrogens with two attached hydrogens (primary N) is 3. The lowest BCUT2D eigenvalue weighted by Crippen LogP contribution is -2.62. The molecule has 4 aliphatic rings. The van der Waals surface area contributed by atoms with E-state index in [-0.39, 0.29) is 210 Å². The van der Waals surface area contributed by atoms with E-state index in [9.17, 15) is 94.5 Å². The van der Waals surface area contributed by atoms with E-state index >= 15 is 0 Å². The number of ether oxygens (including phenoxy) is 9. The second kappa shape index (κ2) is 57.0. The Labute approximate surface area is 649 Å². The van der Waals surface area contributed by atoms with Crippen LogP contribution in [0.1, 0.15) is 167 Å². The number of rotatable bonds is 61. The fourth-order valence-corrected chi connectivity index (χ4v) is 12.7. The highest BCUT2D eigenvalue weighted by atomic mass is 16.7. The molecule has 111 heavy (non-hydrogen) atoms. The number of β-amino-alcohol motifs (C(OH)–C–C–N with tert-alkyl or cyclic N) is 1. The first-order valence-corrected chi connectivity index (χ1v) is 39.6. The van der Waals surface area contributed by atoms with Gasteiger partial charge in [0.1, 0.15) is 60.5 Å². The number of hydrogen-bond acceptors (Lipinski definition) is 31. The van der Waals surface area contributed by atoms with Crippen LogP contribution in [0.15, 0.2) is 0 Å². The monoisotopic (exact) mass is 1600 g/mol. The lowest BCUT2D eigenvalue weighted by molar-refractivity contribution is -0.265. The van der Waals surface area contributed by atoms with Crippen molar-refractivity contribution < 1.29 is 137 Å². The van der Waals surface area contributed by atoms with Gasteiger partial charge in [-0.15, -0.1) is 0 Å². The maximum absolute atomic E-state index is 14.0. The van der Waals surface area contributed by atoms with Crippen molar-refractivity contribution in [2.24, 2.45) is 17.2 Å². The van der Waals surface area contributed by atoms with E-state index in [1.165, 1.54) is 0 Å². The fraction of sp³-hybridized carbons (Fsp3) is 0.889. The summed E-state index contributed by atoms with van der Waals surface area (Å²) in [6.45, 7) is -0.643. The van der Waals surface area contributed by atoms with Crippen molar-refractivity contribution in [3.8, 4) is 0 Å². The van der Waals surface area contributed by atoms with Gasteiger partial charge in [0.05, 0.1) is 96.3 Å². The molecule has 4 fully saturated rings. The number of likely N-dealkylation sites (tertiary alicyclic amines) is 1. The summed E-state index contributed by atoms with van der Waals surface area (Å²) in [4.78, 5) is 105. The second-order valence-corrected chi connectivity index (χ2v) is 28.8. The number of nitrogens with zero attached hydrogens (tertiary/aromatic N) is 1. The number of hydrogen-bond donors (Lipinski definition) is 21. The van der Waals surface area contributed by atoms with Gasteiger partial charge in [-0.1, -0.05) is 38.5 Å². The summed E-state index contributed by atoms with van der Waals surface area (Å²) in [5.41, 5.74) is 16.4. The highest BCUT2D eigenvalue weighted by Gasteiger charge is 2.46. The molecule has 15 unspecified atom stereocenters. The molecule has 39 nitrogen and oxygen atoms in total. The van der Waals surface area contributed by atoms with Gasteiger partial charge in [0.15, 0.2) is 18.9 Å². The maximum atomic E-state index is 14.0. The maximum Gasteiger partial charge on any atom is 0.222 e. The predicted molar refractivity (Wildman–Crippen MR) is 395 cm³/mol. The topological polar surface area (TPSA) is 608 Å². The van der Waals surface area contributed by atoms with Crippen LogP contribution in [-0.4, -0.2) is 350 Å². The predicted octanol–water partition coefficient (Wildman–Crippen LogP) is -6.36. The summed E-state index contributed by atoms with van der Waals surface area (Å²) < 4.78 is 51.5. The van der Waals surface area contributed by atoms with E-state index in [0.29, 0.717) is 83.5 Å². The molecule has 39 heteroatoms. The molecule has 0 aromatic carbocycles. The highest BCUT2D eigenvalue weighted by Crippen LogP contribution is 2.25. The Kier molecular flexibility index (Phi) is 50.4. The van der Waals surface area contributed by atoms with Crippen molar-refractivity contribution in [3.05, 3.63) is 0 Å². The Morgan fingerprint density at radius 3 is 0.955 bits per heavy atom. The Morgan fingerprint density at radius 1 is 0.351 bits per heavy atom. The molecule has 0 aromatic rings. The van der Waals surface area contributed by atoms with Crippen molar-refractivity contribution in [3.63, 3.8) is 0 Å². The van der Waals surface area contributed by atoms with E-state index in [4.69, 9.17) is 59.8 Å². The first-order chi connectivity index (χ1) is 53.4. The normalized spacial score (nSPS) is 26.5. The number of aliphatic hydroxyl groups is 11. The van der Waals surface area contributed by atoms with Gasteiger partial charge in [-0.25, -0.2) is 0 Å². The van der Waals surface area contributed by atoms with Gasteiger partial charge in [-0.2, -0.15) is 0 Å². The van der Waals surface area contributed by atoms with E-state index < -0.39 is 123 Å². The molecule has 17 atom stereocenters. The summed E-state index contributed by atoms with van der Waals surface area (Å²) >= 11 is 0. The molecule has 24 N–H and O–H groups in total. The SMILES string of the molecule is NC1C(OCCCCC(=O)NCCCNC(=O)CCOCC(COCCC(=O)NCCCNC(=O)CCCCOC2OC(CO)C(O)C(O)C2N)(COCCC(=O)NCCCNC(=O)CCCCOC2OC(CO)C(O)C(O)C2N)NC(=O)CCCCCCCCCCC(=O)N2C[C@H](O)C[C@H]2CO)OC(CO)C(O)C1O. The molecule has 4 rings (SSSR count). The third-order valence-corrected chi connectivity index (χ3v) is 19.4. The molecule has 0 aromatic heterocycles. The molecular formula is C72H133N11O28. The van der Waals surface area contributed by atoms with Crippen LogP contribution in [0.4, 0.5) is 0 Å². The Hall–Kier alpha value is -5.16. The standard InChI is InChI=1S/C72H133N11O28/c73-60-66(100)63(97)49(41-85)109-69(60)106-32-12-9-18-52(89)76-26-15-29-79-55(92)23-35-103-44-72(82-58(95)21-7-5-3-1-2-4-6-8-22-59(96)83-39-48(88)38-47(83)40-84,45-104-36-24-56(93)80-30-16-27-77-53(90)19-10-13-33-107-70-61(74)67(101)64(98)50(42-86)110-70)46-105-37-25-57(94)81-31-17-28-78-54(91)20-11-14-34-108-71-62(75)68(102)65(99)51(43-87)111-71/h47-51,60-71,84-88,97-102H,1-46,73-75H2,(H,76,89)(H,77,90)(H,78,91)(H,79,92)(H,80,93)(H,81,94)(H,82,95)/t47-,48+,49?,50?,51?,60?,61?,62?,63?,64?,65?,66?,67?,68?,69?,70?,71?,72?/m0/s1. The molecule has 0 radical (unpaired) electrons. The van der Waals surface area contributed by atoms with Crippen LogP contribution < -0.4 is 54.4 Å². The fourth-order valence-electron chi connectivity index (χ4n) is 12.7. The second-order valence-electron chi connectivity index (χ2n) is 28.8. The number of nitrogens with one attached hydrogen (secondary N) is 7. The molecular weight excluding hydrogens is 1470 g/mol. The number of amides is 8. The van der Waals surface area contributed by atoms with E-state index in [2.05, 4.69) is 37.2 Å². The molecule has 644 valence electrons. The Morgan fingerprint density at radius 2 is 0.640 bits per heavy atom. The van der Waals surface area contributed by atoms with Crippen molar-refractivity contribution in [1.82, 2.24) is 42.1 Å².